The van der Waals surface area contributed by atoms with E-state index < -0.39 is 5.82 Å². The Kier molecular flexibility index (Phi) is 3.06. The third-order valence-corrected chi connectivity index (χ3v) is 2.56. The van der Waals surface area contributed by atoms with Crippen LogP contribution < -0.4 is 10.5 Å². The van der Waals surface area contributed by atoms with Crippen LogP contribution in [0.3, 0.4) is 0 Å². The summed E-state index contributed by atoms with van der Waals surface area (Å²) in [5.41, 5.74) is 5.86. The molecule has 0 aliphatic carbocycles. The van der Waals surface area contributed by atoms with Gasteiger partial charge in [0.2, 0.25) is 0 Å². The van der Waals surface area contributed by atoms with Crippen molar-refractivity contribution in [3.05, 3.63) is 29.8 Å². The summed E-state index contributed by atoms with van der Waals surface area (Å²) in [6.45, 7) is 0.265. The zero-order chi connectivity index (χ0) is 12.4. The second-order valence-electron chi connectivity index (χ2n) is 3.55. The molecule has 2 aromatic rings. The summed E-state index contributed by atoms with van der Waals surface area (Å²) in [6, 6.07) is 4.60. The third-order valence-electron chi connectivity index (χ3n) is 2.56. The molecule has 1 heterocycles. The molecule has 0 unspecified atom stereocenters. The van der Waals surface area contributed by atoms with Crippen LogP contribution in [0.5, 0.6) is 5.75 Å². The first-order chi connectivity index (χ1) is 8.17. The molecule has 1 aromatic heterocycles. The number of hydrogen-bond donors (Lipinski definition) is 1. The summed E-state index contributed by atoms with van der Waals surface area (Å²) in [4.78, 5) is 0. The summed E-state index contributed by atoms with van der Waals surface area (Å²) in [6.07, 6.45) is 0. The summed E-state index contributed by atoms with van der Waals surface area (Å²) in [7, 11) is 3.24. The van der Waals surface area contributed by atoms with Crippen molar-refractivity contribution < 1.29 is 9.13 Å². The van der Waals surface area contributed by atoms with Crippen molar-refractivity contribution in [3.8, 4) is 17.1 Å². The number of rotatable bonds is 3. The molecule has 0 fully saturated rings. The normalized spacial score (nSPS) is 10.6. The second-order valence-corrected chi connectivity index (χ2v) is 3.55. The Labute approximate surface area is 98.0 Å². The highest BCUT2D eigenvalue weighted by Gasteiger charge is 2.14. The lowest BCUT2D eigenvalue weighted by Gasteiger charge is -2.05. The van der Waals surface area contributed by atoms with Crippen LogP contribution in [0.2, 0.25) is 0 Å². The second kappa shape index (κ2) is 4.50. The number of benzene rings is 1. The standard InChI is InChI=1S/C11H13FN4O/c1-16-10(6-13)14-15-11(16)8-4-3-7(17-2)5-9(8)12/h3-5H,6,13H2,1-2H3. The van der Waals surface area contributed by atoms with E-state index in [-0.39, 0.29) is 6.54 Å². The molecule has 0 atom stereocenters. The predicted molar refractivity (Wildman–Crippen MR) is 60.8 cm³/mol. The third kappa shape index (κ3) is 1.99. The lowest BCUT2D eigenvalue weighted by molar-refractivity contribution is 0.411. The molecule has 90 valence electrons. The Morgan fingerprint density at radius 1 is 1.41 bits per heavy atom. The van der Waals surface area contributed by atoms with Crippen molar-refractivity contribution >= 4 is 0 Å². The first-order valence-electron chi connectivity index (χ1n) is 5.09. The number of ether oxygens (including phenoxy) is 1. The molecule has 6 heteroatoms. The van der Waals surface area contributed by atoms with Crippen molar-refractivity contribution in [2.75, 3.05) is 7.11 Å². The van der Waals surface area contributed by atoms with E-state index in [1.54, 1.807) is 23.7 Å². The fourth-order valence-electron chi connectivity index (χ4n) is 1.58. The maximum Gasteiger partial charge on any atom is 0.166 e. The summed E-state index contributed by atoms with van der Waals surface area (Å²) < 4.78 is 20.4. The Hall–Kier alpha value is -1.95. The molecule has 0 bridgehead atoms. The van der Waals surface area contributed by atoms with Crippen molar-refractivity contribution in [1.29, 1.82) is 0 Å². The Morgan fingerprint density at radius 3 is 2.71 bits per heavy atom. The number of aromatic nitrogens is 3. The van der Waals surface area contributed by atoms with Crippen molar-refractivity contribution in [3.63, 3.8) is 0 Å². The number of hydrogen-bond acceptors (Lipinski definition) is 4. The van der Waals surface area contributed by atoms with Crippen LogP contribution in [-0.4, -0.2) is 21.9 Å². The number of halogens is 1. The van der Waals surface area contributed by atoms with Gasteiger partial charge in [-0.05, 0) is 12.1 Å². The van der Waals surface area contributed by atoms with Crippen LogP contribution in [0.4, 0.5) is 4.39 Å². The van der Waals surface area contributed by atoms with Crippen molar-refractivity contribution in [2.45, 2.75) is 6.54 Å². The average Bonchev–Trinajstić information content (AvgIpc) is 2.70. The molecule has 0 amide bonds. The van der Waals surface area contributed by atoms with E-state index in [9.17, 15) is 4.39 Å². The van der Waals surface area contributed by atoms with Gasteiger partial charge < -0.3 is 15.0 Å². The van der Waals surface area contributed by atoms with Gasteiger partial charge in [-0.15, -0.1) is 10.2 Å². The highest BCUT2D eigenvalue weighted by molar-refractivity contribution is 5.57. The molecular formula is C11H13FN4O. The van der Waals surface area contributed by atoms with E-state index >= 15 is 0 Å². The van der Waals surface area contributed by atoms with Gasteiger partial charge in [0.15, 0.2) is 5.82 Å². The molecule has 0 aliphatic heterocycles. The molecular weight excluding hydrogens is 223 g/mol. The molecule has 0 aliphatic rings. The zero-order valence-electron chi connectivity index (χ0n) is 9.64. The Bertz CT molecular complexity index is 538. The van der Waals surface area contributed by atoms with Gasteiger partial charge in [-0.1, -0.05) is 0 Å². The minimum Gasteiger partial charge on any atom is -0.497 e. The van der Waals surface area contributed by atoms with Gasteiger partial charge in [0.25, 0.3) is 0 Å². The number of methoxy groups -OCH3 is 1. The molecule has 2 rings (SSSR count). The molecule has 17 heavy (non-hydrogen) atoms. The van der Waals surface area contributed by atoms with Crippen molar-refractivity contribution in [1.82, 2.24) is 14.8 Å². The Balaban J connectivity index is 2.49. The first kappa shape index (κ1) is 11.5. The van der Waals surface area contributed by atoms with Crippen LogP contribution in [0, 0.1) is 5.82 Å². The van der Waals surface area contributed by atoms with Crippen LogP contribution in [0.25, 0.3) is 11.4 Å². The van der Waals surface area contributed by atoms with Gasteiger partial charge in [0, 0.05) is 13.1 Å². The van der Waals surface area contributed by atoms with Gasteiger partial charge in [-0.25, -0.2) is 4.39 Å². The van der Waals surface area contributed by atoms with E-state index in [1.165, 1.54) is 13.2 Å². The monoisotopic (exact) mass is 236 g/mol. The number of nitrogens with two attached hydrogens (primary N) is 1. The minimum atomic E-state index is -0.400. The lowest BCUT2D eigenvalue weighted by atomic mass is 10.2. The van der Waals surface area contributed by atoms with Crippen LogP contribution >= 0.6 is 0 Å². The fourth-order valence-corrected chi connectivity index (χ4v) is 1.58. The van der Waals surface area contributed by atoms with E-state index in [0.717, 1.165) is 0 Å². The van der Waals surface area contributed by atoms with Gasteiger partial charge in [0.05, 0.1) is 19.2 Å². The zero-order valence-corrected chi connectivity index (χ0v) is 9.64. The van der Waals surface area contributed by atoms with E-state index in [1.807, 2.05) is 0 Å². The molecule has 0 saturated heterocycles. The highest BCUT2D eigenvalue weighted by atomic mass is 19.1. The molecule has 0 saturated carbocycles. The lowest BCUT2D eigenvalue weighted by Crippen LogP contribution is -2.05. The van der Waals surface area contributed by atoms with Crippen LogP contribution in [0.1, 0.15) is 5.82 Å². The first-order valence-corrected chi connectivity index (χ1v) is 5.09. The smallest absolute Gasteiger partial charge is 0.166 e. The van der Waals surface area contributed by atoms with Gasteiger partial charge in [-0.3, -0.25) is 0 Å². The van der Waals surface area contributed by atoms with Crippen LogP contribution in [0.15, 0.2) is 18.2 Å². The Morgan fingerprint density at radius 2 is 2.18 bits per heavy atom. The molecule has 0 radical (unpaired) electrons. The summed E-state index contributed by atoms with van der Waals surface area (Å²) in [5, 5.41) is 7.81. The SMILES string of the molecule is COc1ccc(-c2nnc(CN)n2C)c(F)c1. The van der Waals surface area contributed by atoms with E-state index in [0.29, 0.717) is 23.0 Å². The minimum absolute atomic E-state index is 0.265. The molecule has 5 nitrogen and oxygen atoms in total. The van der Waals surface area contributed by atoms with E-state index in [4.69, 9.17) is 10.5 Å². The summed E-state index contributed by atoms with van der Waals surface area (Å²) in [5.74, 6) is 1.12. The van der Waals surface area contributed by atoms with Gasteiger partial charge >= 0.3 is 0 Å². The van der Waals surface area contributed by atoms with Crippen LogP contribution in [-0.2, 0) is 13.6 Å². The molecule has 0 spiro atoms. The van der Waals surface area contributed by atoms with E-state index in [2.05, 4.69) is 10.2 Å². The highest BCUT2D eigenvalue weighted by Crippen LogP contribution is 2.24. The molecule has 2 N–H and O–H groups in total. The quantitative estimate of drug-likeness (QED) is 0.866. The fraction of sp³-hybridized carbons (Fsp3) is 0.273. The largest absolute Gasteiger partial charge is 0.497 e. The van der Waals surface area contributed by atoms with Crippen molar-refractivity contribution in [2.24, 2.45) is 12.8 Å². The average molecular weight is 236 g/mol. The molecule has 1 aromatic carbocycles. The maximum atomic E-state index is 13.8. The summed E-state index contributed by atoms with van der Waals surface area (Å²) >= 11 is 0. The van der Waals surface area contributed by atoms with Gasteiger partial charge in [-0.2, -0.15) is 0 Å². The maximum absolute atomic E-state index is 13.8. The number of nitrogens with zero attached hydrogens (tertiary/aromatic N) is 3. The van der Waals surface area contributed by atoms with Gasteiger partial charge in [0.1, 0.15) is 17.4 Å². The predicted octanol–water partition coefficient (Wildman–Crippen LogP) is 1.09. The topological polar surface area (TPSA) is 66.0 Å².